The zero-order valence-corrected chi connectivity index (χ0v) is 16.4. The third-order valence-electron chi connectivity index (χ3n) is 4.87. The molecule has 0 bridgehead atoms. The lowest BCUT2D eigenvalue weighted by molar-refractivity contribution is -0.385. The number of hydrogen-bond acceptors (Lipinski definition) is 5. The average molecular weight is 414 g/mol. The van der Waals surface area contributed by atoms with E-state index in [2.05, 4.69) is 10.6 Å². The van der Waals surface area contributed by atoms with Crippen LogP contribution in [0.5, 0.6) is 0 Å². The van der Waals surface area contributed by atoms with Crippen molar-refractivity contribution in [2.24, 2.45) is 0 Å². The average Bonchev–Trinajstić information content (AvgIpc) is 3.27. The zero-order chi connectivity index (χ0) is 21.5. The molecule has 1 fully saturated rings. The van der Waals surface area contributed by atoms with E-state index in [0.29, 0.717) is 37.4 Å². The first-order valence-corrected chi connectivity index (χ1v) is 9.77. The van der Waals surface area contributed by atoms with Gasteiger partial charge in [0.1, 0.15) is 11.4 Å². The number of carbonyl (C=O) groups is 2. The van der Waals surface area contributed by atoms with E-state index < -0.39 is 4.92 Å². The summed E-state index contributed by atoms with van der Waals surface area (Å²) < 4.78 is 12.9. The lowest BCUT2D eigenvalue weighted by atomic mass is 10.1. The highest BCUT2D eigenvalue weighted by molar-refractivity contribution is 5.99. The second-order valence-corrected chi connectivity index (χ2v) is 7.07. The second kappa shape index (κ2) is 9.82. The number of hydrogen-bond donors (Lipinski definition) is 2. The van der Waals surface area contributed by atoms with Gasteiger partial charge in [-0.3, -0.25) is 19.7 Å². The minimum atomic E-state index is -0.553. The van der Waals surface area contributed by atoms with Crippen molar-refractivity contribution in [3.05, 3.63) is 69.5 Å². The van der Waals surface area contributed by atoms with E-state index >= 15 is 0 Å². The van der Waals surface area contributed by atoms with Crippen LogP contribution in [0.25, 0.3) is 0 Å². The summed E-state index contributed by atoms with van der Waals surface area (Å²) in [4.78, 5) is 37.0. The molecule has 1 saturated heterocycles. The summed E-state index contributed by atoms with van der Waals surface area (Å²) in [7, 11) is 0. The van der Waals surface area contributed by atoms with Crippen molar-refractivity contribution >= 4 is 23.2 Å². The van der Waals surface area contributed by atoms with Crippen molar-refractivity contribution < 1.29 is 18.9 Å². The van der Waals surface area contributed by atoms with Crippen LogP contribution >= 0.6 is 0 Å². The maximum Gasteiger partial charge on any atom is 0.282 e. The number of nitrogens with one attached hydrogen (secondary N) is 2. The lowest BCUT2D eigenvalue weighted by Gasteiger charge is -2.16. The summed E-state index contributed by atoms with van der Waals surface area (Å²) in [6.07, 6.45) is 1.94. The quantitative estimate of drug-likeness (QED) is 0.393. The maximum absolute atomic E-state index is 12.9. The van der Waals surface area contributed by atoms with Crippen LogP contribution in [-0.2, 0) is 11.2 Å². The molecule has 158 valence electrons. The third-order valence-corrected chi connectivity index (χ3v) is 4.87. The minimum absolute atomic E-state index is 0.0623. The maximum atomic E-state index is 12.9. The summed E-state index contributed by atoms with van der Waals surface area (Å²) >= 11 is 0. The third kappa shape index (κ3) is 5.53. The van der Waals surface area contributed by atoms with E-state index in [0.717, 1.165) is 12.8 Å². The fraction of sp³-hybridized carbons (Fsp3) is 0.333. The molecule has 0 radical (unpaired) electrons. The van der Waals surface area contributed by atoms with Gasteiger partial charge in [0, 0.05) is 37.9 Å². The fourth-order valence-electron chi connectivity index (χ4n) is 3.33. The van der Waals surface area contributed by atoms with Crippen molar-refractivity contribution in [1.82, 2.24) is 10.2 Å². The summed E-state index contributed by atoms with van der Waals surface area (Å²) in [5.41, 5.74) is 1.12. The summed E-state index contributed by atoms with van der Waals surface area (Å²) in [5, 5.41) is 17.1. The molecule has 0 spiro atoms. The van der Waals surface area contributed by atoms with Crippen molar-refractivity contribution in [2.45, 2.75) is 19.3 Å². The Labute approximate surface area is 173 Å². The number of benzene rings is 2. The van der Waals surface area contributed by atoms with Gasteiger partial charge in [0.15, 0.2) is 0 Å². The second-order valence-electron chi connectivity index (χ2n) is 7.07. The molecule has 1 heterocycles. The Kier molecular flexibility index (Phi) is 6.95. The zero-order valence-electron chi connectivity index (χ0n) is 16.4. The van der Waals surface area contributed by atoms with Crippen LogP contribution in [0.15, 0.2) is 42.5 Å². The van der Waals surface area contributed by atoms with Crippen molar-refractivity contribution in [2.75, 3.05) is 31.5 Å². The molecular weight excluding hydrogens is 391 g/mol. The molecule has 8 nitrogen and oxygen atoms in total. The molecule has 2 aromatic carbocycles. The minimum Gasteiger partial charge on any atom is -0.383 e. The molecule has 3 rings (SSSR count). The molecule has 2 amide bonds. The van der Waals surface area contributed by atoms with Gasteiger partial charge in [0.05, 0.1) is 11.3 Å². The van der Waals surface area contributed by atoms with Gasteiger partial charge in [-0.2, -0.15) is 0 Å². The van der Waals surface area contributed by atoms with E-state index in [1.807, 2.05) is 0 Å². The first-order chi connectivity index (χ1) is 14.4. The SMILES string of the molecule is O=C(Cc1ccc(F)cc1)NCCNc1ccc([N+](=O)[O-])c(C(=O)N2CCCC2)c1. The first-order valence-electron chi connectivity index (χ1n) is 9.77. The van der Waals surface area contributed by atoms with Crippen LogP contribution in [-0.4, -0.2) is 47.8 Å². The number of halogens is 1. The molecule has 2 aromatic rings. The van der Waals surface area contributed by atoms with E-state index in [4.69, 9.17) is 0 Å². The van der Waals surface area contributed by atoms with Gasteiger partial charge in [-0.1, -0.05) is 12.1 Å². The summed E-state index contributed by atoms with van der Waals surface area (Å²) in [6, 6.07) is 10.1. The number of nitro groups is 1. The number of carbonyl (C=O) groups excluding carboxylic acids is 2. The molecule has 30 heavy (non-hydrogen) atoms. The summed E-state index contributed by atoms with van der Waals surface area (Å²) in [5.74, 6) is -0.888. The highest BCUT2D eigenvalue weighted by atomic mass is 19.1. The Balaban J connectivity index is 1.54. The van der Waals surface area contributed by atoms with E-state index in [1.54, 1.807) is 23.1 Å². The van der Waals surface area contributed by atoms with Crippen molar-refractivity contribution in [1.29, 1.82) is 0 Å². The fourth-order valence-corrected chi connectivity index (χ4v) is 3.33. The smallest absolute Gasteiger partial charge is 0.282 e. The molecule has 0 saturated carbocycles. The first kappa shape index (κ1) is 21.2. The molecule has 1 aliphatic rings. The van der Waals surface area contributed by atoms with Gasteiger partial charge < -0.3 is 15.5 Å². The number of nitro benzene ring substituents is 1. The largest absolute Gasteiger partial charge is 0.383 e. The van der Waals surface area contributed by atoms with Crippen LogP contribution in [0.4, 0.5) is 15.8 Å². The Morgan fingerprint density at radius 3 is 2.43 bits per heavy atom. The number of rotatable bonds is 8. The number of anilines is 1. The van der Waals surface area contributed by atoms with E-state index in [9.17, 15) is 24.1 Å². The molecule has 0 aliphatic carbocycles. The Hall–Kier alpha value is -3.49. The van der Waals surface area contributed by atoms with Gasteiger partial charge >= 0.3 is 0 Å². The summed E-state index contributed by atoms with van der Waals surface area (Å²) in [6.45, 7) is 1.91. The van der Waals surface area contributed by atoms with E-state index in [-0.39, 0.29) is 35.3 Å². The van der Waals surface area contributed by atoms with Crippen molar-refractivity contribution in [3.63, 3.8) is 0 Å². The Morgan fingerprint density at radius 1 is 1.07 bits per heavy atom. The van der Waals surface area contributed by atoms with Crippen LogP contribution in [0.2, 0.25) is 0 Å². The van der Waals surface area contributed by atoms with Crippen LogP contribution in [0.1, 0.15) is 28.8 Å². The van der Waals surface area contributed by atoms with Gasteiger partial charge in [0.2, 0.25) is 5.91 Å². The molecular formula is C21H23FN4O4. The molecule has 0 unspecified atom stereocenters. The van der Waals surface area contributed by atoms with Crippen LogP contribution < -0.4 is 10.6 Å². The van der Waals surface area contributed by atoms with Gasteiger partial charge in [-0.15, -0.1) is 0 Å². The number of nitrogens with zero attached hydrogens (tertiary/aromatic N) is 2. The van der Waals surface area contributed by atoms with Gasteiger partial charge in [-0.05, 0) is 42.7 Å². The monoisotopic (exact) mass is 414 g/mol. The Morgan fingerprint density at radius 2 is 1.77 bits per heavy atom. The van der Waals surface area contributed by atoms with Crippen LogP contribution in [0, 0.1) is 15.9 Å². The van der Waals surface area contributed by atoms with Gasteiger partial charge in [-0.25, -0.2) is 4.39 Å². The number of likely N-dealkylation sites (tertiary alicyclic amines) is 1. The molecule has 9 heteroatoms. The molecule has 0 atom stereocenters. The predicted molar refractivity (Wildman–Crippen MR) is 110 cm³/mol. The predicted octanol–water partition coefficient (Wildman–Crippen LogP) is 2.74. The van der Waals surface area contributed by atoms with Gasteiger partial charge in [0.25, 0.3) is 11.6 Å². The molecule has 1 aliphatic heterocycles. The van der Waals surface area contributed by atoms with Crippen molar-refractivity contribution in [3.8, 4) is 0 Å². The standard InChI is InChI=1S/C21H23FN4O4/c22-16-5-3-15(4-6-16)13-20(27)24-10-9-23-17-7-8-19(26(29)30)18(14-17)21(28)25-11-1-2-12-25/h3-8,14,23H,1-2,9-13H2,(H,24,27). The highest BCUT2D eigenvalue weighted by Crippen LogP contribution is 2.25. The number of amides is 2. The Bertz CT molecular complexity index is 927. The van der Waals surface area contributed by atoms with Crippen LogP contribution in [0.3, 0.4) is 0 Å². The lowest BCUT2D eigenvalue weighted by Crippen LogP contribution is -2.30. The topological polar surface area (TPSA) is 105 Å². The molecule has 0 aromatic heterocycles. The molecule has 2 N–H and O–H groups in total. The van der Waals surface area contributed by atoms with E-state index in [1.165, 1.54) is 24.3 Å². The highest BCUT2D eigenvalue weighted by Gasteiger charge is 2.26. The normalized spacial score (nSPS) is 13.2.